The van der Waals surface area contributed by atoms with Gasteiger partial charge in [-0.25, -0.2) is 0 Å². The van der Waals surface area contributed by atoms with Gasteiger partial charge in [-0.05, 0) is 26.0 Å². The highest BCUT2D eigenvalue weighted by molar-refractivity contribution is 6.53. The summed E-state index contributed by atoms with van der Waals surface area (Å²) >= 11 is 0. The van der Waals surface area contributed by atoms with E-state index in [1.165, 1.54) is 0 Å². The monoisotopic (exact) mass is 240 g/mol. The predicted octanol–water partition coefficient (Wildman–Crippen LogP) is 2.53. The fourth-order valence-electron chi connectivity index (χ4n) is 2.21. The van der Waals surface area contributed by atoms with Crippen molar-refractivity contribution in [2.24, 2.45) is 0 Å². The lowest BCUT2D eigenvalue weighted by Crippen LogP contribution is -2.31. The number of hydrogen-bond acceptors (Lipinski definition) is 3. The first-order chi connectivity index (χ1) is 8.49. The molecule has 0 atom stereocenters. The van der Waals surface area contributed by atoms with Gasteiger partial charge in [0.05, 0.1) is 5.57 Å². The van der Waals surface area contributed by atoms with E-state index in [-0.39, 0.29) is 0 Å². The van der Waals surface area contributed by atoms with Gasteiger partial charge in [0, 0.05) is 11.1 Å². The minimum Gasteiger partial charge on any atom is -0.482 e. The zero-order valence-electron chi connectivity index (χ0n) is 10.2. The summed E-state index contributed by atoms with van der Waals surface area (Å²) in [5.41, 5.74) is 1.02. The zero-order valence-corrected chi connectivity index (χ0v) is 10.2. The molecule has 0 amide bonds. The number of ketones is 2. The highest BCUT2D eigenvalue weighted by Crippen LogP contribution is 2.37. The average Bonchev–Trinajstić information content (AvgIpc) is 2.35. The van der Waals surface area contributed by atoms with E-state index >= 15 is 0 Å². The van der Waals surface area contributed by atoms with Gasteiger partial charge in [-0.3, -0.25) is 9.59 Å². The molecule has 0 unspecified atom stereocenters. The molecule has 0 bridgehead atoms. The quantitative estimate of drug-likeness (QED) is 0.654. The van der Waals surface area contributed by atoms with Gasteiger partial charge in [0.2, 0.25) is 11.6 Å². The number of ether oxygens (including phenoxy) is 1. The second-order valence-electron chi connectivity index (χ2n) is 4.99. The van der Waals surface area contributed by atoms with Gasteiger partial charge in [0.25, 0.3) is 0 Å². The van der Waals surface area contributed by atoms with E-state index in [2.05, 4.69) is 0 Å². The third kappa shape index (κ3) is 1.44. The molecule has 2 aliphatic rings. The minimum absolute atomic E-state index is 0.359. The predicted molar refractivity (Wildman–Crippen MR) is 67.0 cm³/mol. The first kappa shape index (κ1) is 11.0. The van der Waals surface area contributed by atoms with Gasteiger partial charge in [0.1, 0.15) is 11.4 Å². The van der Waals surface area contributed by atoms with Crippen LogP contribution in [0.4, 0.5) is 0 Å². The summed E-state index contributed by atoms with van der Waals surface area (Å²) in [6.07, 6.45) is 3.49. The Kier molecular flexibility index (Phi) is 2.08. The fraction of sp³-hybridized carbons (Fsp3) is 0.200. The topological polar surface area (TPSA) is 43.4 Å². The van der Waals surface area contributed by atoms with E-state index in [1.807, 2.05) is 26.0 Å². The highest BCUT2D eigenvalue weighted by Gasteiger charge is 2.36. The van der Waals surface area contributed by atoms with Crippen molar-refractivity contribution in [1.29, 1.82) is 0 Å². The van der Waals surface area contributed by atoms with E-state index in [0.29, 0.717) is 22.5 Å². The third-order valence-corrected chi connectivity index (χ3v) is 3.13. The summed E-state index contributed by atoms with van der Waals surface area (Å²) in [6.45, 7) is 3.83. The molecule has 1 aliphatic heterocycles. The number of allylic oxidation sites excluding steroid dienone is 2. The van der Waals surface area contributed by atoms with Crippen LogP contribution in [0.15, 0.2) is 42.0 Å². The molecule has 18 heavy (non-hydrogen) atoms. The molecule has 0 saturated carbocycles. The highest BCUT2D eigenvalue weighted by atomic mass is 16.5. The maximum atomic E-state index is 12.0. The number of benzene rings is 1. The van der Waals surface area contributed by atoms with Gasteiger partial charge < -0.3 is 4.74 Å². The van der Waals surface area contributed by atoms with Crippen molar-refractivity contribution in [3.8, 4) is 0 Å². The first-order valence-corrected chi connectivity index (χ1v) is 5.80. The molecule has 0 N–H and O–H groups in total. The molecule has 90 valence electrons. The summed E-state index contributed by atoms with van der Waals surface area (Å²) in [4.78, 5) is 24.0. The first-order valence-electron chi connectivity index (χ1n) is 5.80. The van der Waals surface area contributed by atoms with Crippen molar-refractivity contribution in [2.45, 2.75) is 19.4 Å². The summed E-state index contributed by atoms with van der Waals surface area (Å²) in [7, 11) is 0. The van der Waals surface area contributed by atoms with Gasteiger partial charge in [-0.1, -0.05) is 24.3 Å². The summed E-state index contributed by atoms with van der Waals surface area (Å²) in [6, 6.07) is 7.05. The standard InChI is InChI=1S/C15H12O3/c1-15(2)8-7-11-13(17)12(16)9-5-3-4-6-10(9)14(11)18-15/h3-8H,1-2H3. The second-order valence-corrected chi connectivity index (χ2v) is 4.99. The van der Waals surface area contributed by atoms with E-state index in [1.54, 1.807) is 24.3 Å². The lowest BCUT2D eigenvalue weighted by atomic mass is 9.86. The van der Waals surface area contributed by atoms with Crippen LogP contribution in [0.3, 0.4) is 0 Å². The Hall–Kier alpha value is -2.16. The van der Waals surface area contributed by atoms with Crippen LogP contribution in [0.25, 0.3) is 5.76 Å². The third-order valence-electron chi connectivity index (χ3n) is 3.13. The van der Waals surface area contributed by atoms with Crippen LogP contribution in [-0.2, 0) is 9.53 Å². The number of rotatable bonds is 0. The number of carbonyl (C=O) groups excluding carboxylic acids is 2. The Morgan fingerprint density at radius 2 is 1.67 bits per heavy atom. The smallest absolute Gasteiger partial charge is 0.237 e. The Balaban J connectivity index is 2.27. The van der Waals surface area contributed by atoms with Crippen molar-refractivity contribution in [3.63, 3.8) is 0 Å². The molecule has 3 nitrogen and oxygen atoms in total. The lowest BCUT2D eigenvalue weighted by molar-refractivity contribution is -0.111. The molecule has 0 saturated heterocycles. The largest absolute Gasteiger partial charge is 0.482 e. The van der Waals surface area contributed by atoms with E-state index in [4.69, 9.17) is 4.74 Å². The molecule has 1 aliphatic carbocycles. The molecular formula is C15H12O3. The van der Waals surface area contributed by atoms with E-state index < -0.39 is 17.2 Å². The number of hydrogen-bond donors (Lipinski definition) is 0. The van der Waals surface area contributed by atoms with Crippen molar-refractivity contribution >= 4 is 17.3 Å². The van der Waals surface area contributed by atoms with Crippen LogP contribution in [-0.4, -0.2) is 17.2 Å². The maximum Gasteiger partial charge on any atom is 0.237 e. The Morgan fingerprint density at radius 3 is 2.39 bits per heavy atom. The van der Waals surface area contributed by atoms with Crippen LogP contribution in [0.2, 0.25) is 0 Å². The molecule has 1 aromatic rings. The van der Waals surface area contributed by atoms with Crippen LogP contribution >= 0.6 is 0 Å². The van der Waals surface area contributed by atoms with E-state index in [0.717, 1.165) is 0 Å². The van der Waals surface area contributed by atoms with Crippen molar-refractivity contribution < 1.29 is 14.3 Å². The molecule has 3 rings (SSSR count). The average molecular weight is 240 g/mol. The van der Waals surface area contributed by atoms with Crippen molar-refractivity contribution in [3.05, 3.63) is 53.1 Å². The molecule has 0 fully saturated rings. The van der Waals surface area contributed by atoms with Gasteiger partial charge in [0.15, 0.2) is 0 Å². The Morgan fingerprint density at radius 1 is 1.00 bits per heavy atom. The van der Waals surface area contributed by atoms with Crippen LogP contribution in [0.5, 0.6) is 0 Å². The van der Waals surface area contributed by atoms with Gasteiger partial charge in [-0.15, -0.1) is 0 Å². The van der Waals surface area contributed by atoms with E-state index in [9.17, 15) is 9.59 Å². The molecule has 3 heteroatoms. The van der Waals surface area contributed by atoms with Crippen LogP contribution in [0.1, 0.15) is 29.8 Å². The van der Waals surface area contributed by atoms with Gasteiger partial charge >= 0.3 is 0 Å². The normalized spacial score (nSPS) is 20.3. The number of carbonyl (C=O) groups is 2. The van der Waals surface area contributed by atoms with Gasteiger partial charge in [-0.2, -0.15) is 0 Å². The molecule has 0 spiro atoms. The van der Waals surface area contributed by atoms with Crippen LogP contribution in [0, 0.1) is 0 Å². The molecule has 1 heterocycles. The molecular weight excluding hydrogens is 228 g/mol. The summed E-state index contributed by atoms with van der Waals surface area (Å²) in [5, 5.41) is 0. The number of fused-ring (bicyclic) bond motifs is 2. The van der Waals surface area contributed by atoms with Crippen LogP contribution < -0.4 is 0 Å². The Bertz CT molecular complexity index is 633. The summed E-state index contributed by atoms with van der Waals surface area (Å²) in [5.74, 6) is -0.435. The molecule has 1 aromatic carbocycles. The molecule has 0 aromatic heterocycles. The van der Waals surface area contributed by atoms with Crippen molar-refractivity contribution in [2.75, 3.05) is 0 Å². The molecule has 0 radical (unpaired) electrons. The van der Waals surface area contributed by atoms with Crippen molar-refractivity contribution in [1.82, 2.24) is 0 Å². The lowest BCUT2D eigenvalue weighted by Gasteiger charge is -2.32. The number of Topliss-reactive ketones (excluding diaryl/α,β-unsaturated/α-hetero) is 2. The fourth-order valence-corrected chi connectivity index (χ4v) is 2.21. The SMILES string of the molecule is CC1(C)C=CC2=C(O1)c1ccccc1C(=O)C2=O. The Labute approximate surface area is 105 Å². The minimum atomic E-state index is -0.490. The summed E-state index contributed by atoms with van der Waals surface area (Å²) < 4.78 is 5.84. The zero-order chi connectivity index (χ0) is 12.9. The maximum absolute atomic E-state index is 12.0. The second kappa shape index (κ2) is 3.42.